The number of rotatable bonds is 9. The molecule has 4 rings (SSSR count). The Bertz CT molecular complexity index is 1220. The second-order valence-corrected chi connectivity index (χ2v) is 9.93. The van der Waals surface area contributed by atoms with Gasteiger partial charge < -0.3 is 4.74 Å². The van der Waals surface area contributed by atoms with Crippen LogP contribution in [0.2, 0.25) is 5.02 Å². The lowest BCUT2D eigenvalue weighted by atomic mass is 10.2. The van der Waals surface area contributed by atoms with Gasteiger partial charge in [-0.25, -0.2) is 0 Å². The molecule has 0 unspecified atom stereocenters. The standard InChI is InChI=1S/C28H26ClNOS2/c1-2-13-30(14-6-9-23-8-3-4-11-28(23)29)18-22-7-5-10-26(16-22)31-19-27-17-25(21-33-27)24-12-15-32-20-24/h3-5,7-8,10-12,15-17,20-21H,2,13-14,18-19H2,1H3. The van der Waals surface area contributed by atoms with Crippen molar-refractivity contribution in [1.82, 2.24) is 4.90 Å². The third-order valence-corrected chi connectivity index (χ3v) is 7.06. The highest BCUT2D eigenvalue weighted by atomic mass is 35.5. The van der Waals surface area contributed by atoms with Crippen LogP contribution in [0.25, 0.3) is 11.1 Å². The molecule has 168 valence electrons. The highest BCUT2D eigenvalue weighted by Gasteiger charge is 2.07. The van der Waals surface area contributed by atoms with Gasteiger partial charge in [-0.05, 0) is 82.2 Å². The molecule has 0 saturated heterocycles. The lowest BCUT2D eigenvalue weighted by molar-refractivity contribution is 0.294. The Morgan fingerprint density at radius 3 is 2.73 bits per heavy atom. The normalized spacial score (nSPS) is 10.8. The maximum absolute atomic E-state index is 6.22. The SMILES string of the molecule is CCCN(CC#Cc1ccccc1Cl)Cc1cccc(OCc2cc(-c3ccsc3)cs2)c1. The van der Waals surface area contributed by atoms with Gasteiger partial charge in [0.15, 0.2) is 0 Å². The van der Waals surface area contributed by atoms with Crippen LogP contribution in [-0.4, -0.2) is 18.0 Å². The summed E-state index contributed by atoms with van der Waals surface area (Å²) in [6.45, 7) is 5.30. The van der Waals surface area contributed by atoms with Gasteiger partial charge in [-0.15, -0.1) is 11.3 Å². The highest BCUT2D eigenvalue weighted by Crippen LogP contribution is 2.28. The van der Waals surface area contributed by atoms with Gasteiger partial charge in [0.1, 0.15) is 12.4 Å². The quantitative estimate of drug-likeness (QED) is 0.220. The number of ether oxygens (including phenoxy) is 1. The molecule has 0 spiro atoms. The number of thiophene rings is 2. The second-order valence-electron chi connectivity index (χ2n) is 7.74. The number of benzene rings is 2. The minimum atomic E-state index is 0.584. The average Bonchev–Trinajstić information content (AvgIpc) is 3.52. The van der Waals surface area contributed by atoms with Gasteiger partial charge in [0, 0.05) is 17.0 Å². The van der Waals surface area contributed by atoms with Crippen LogP contribution >= 0.6 is 34.3 Å². The van der Waals surface area contributed by atoms with Gasteiger partial charge >= 0.3 is 0 Å². The Hall–Kier alpha value is -2.55. The number of hydrogen-bond donors (Lipinski definition) is 0. The molecule has 0 aliphatic rings. The molecule has 0 aliphatic heterocycles. The molecule has 2 aromatic heterocycles. The summed E-state index contributed by atoms with van der Waals surface area (Å²) < 4.78 is 6.11. The summed E-state index contributed by atoms with van der Waals surface area (Å²) in [7, 11) is 0. The first-order valence-electron chi connectivity index (χ1n) is 11.0. The van der Waals surface area contributed by atoms with Gasteiger partial charge in [-0.2, -0.15) is 11.3 Å². The largest absolute Gasteiger partial charge is 0.488 e. The van der Waals surface area contributed by atoms with E-state index in [9.17, 15) is 0 Å². The summed E-state index contributed by atoms with van der Waals surface area (Å²) in [5.41, 5.74) is 4.65. The van der Waals surface area contributed by atoms with Crippen LogP contribution in [0.4, 0.5) is 0 Å². The Labute approximate surface area is 209 Å². The van der Waals surface area contributed by atoms with Gasteiger partial charge in [0.2, 0.25) is 0 Å². The zero-order valence-corrected chi connectivity index (χ0v) is 21.0. The number of nitrogens with zero attached hydrogens (tertiary/aromatic N) is 1. The molecule has 0 N–H and O–H groups in total. The topological polar surface area (TPSA) is 12.5 Å². The van der Waals surface area contributed by atoms with Crippen molar-refractivity contribution in [3.05, 3.63) is 97.8 Å². The van der Waals surface area contributed by atoms with Crippen molar-refractivity contribution in [3.8, 4) is 28.7 Å². The molecule has 0 atom stereocenters. The van der Waals surface area contributed by atoms with E-state index >= 15 is 0 Å². The van der Waals surface area contributed by atoms with Crippen LogP contribution < -0.4 is 4.74 Å². The van der Waals surface area contributed by atoms with E-state index in [1.54, 1.807) is 22.7 Å². The molecule has 0 aliphatic carbocycles. The fourth-order valence-electron chi connectivity index (χ4n) is 3.52. The third kappa shape index (κ3) is 6.96. The van der Waals surface area contributed by atoms with E-state index in [0.717, 1.165) is 30.8 Å². The lowest BCUT2D eigenvalue weighted by Crippen LogP contribution is -2.24. The van der Waals surface area contributed by atoms with Crippen LogP contribution in [0.5, 0.6) is 5.75 Å². The fraction of sp³-hybridized carbons (Fsp3) is 0.214. The maximum atomic E-state index is 6.22. The molecular weight excluding hydrogens is 466 g/mol. The molecule has 0 saturated carbocycles. The summed E-state index contributed by atoms with van der Waals surface area (Å²) in [6, 6.07) is 20.5. The van der Waals surface area contributed by atoms with Crippen LogP contribution in [0.3, 0.4) is 0 Å². The van der Waals surface area contributed by atoms with E-state index in [1.807, 2.05) is 30.3 Å². The Morgan fingerprint density at radius 1 is 1.00 bits per heavy atom. The molecule has 5 heteroatoms. The summed E-state index contributed by atoms with van der Waals surface area (Å²) in [4.78, 5) is 3.58. The molecule has 0 fully saturated rings. The van der Waals surface area contributed by atoms with Crippen molar-refractivity contribution in [3.63, 3.8) is 0 Å². The molecule has 2 nitrogen and oxygen atoms in total. The summed E-state index contributed by atoms with van der Waals surface area (Å²) in [6.07, 6.45) is 1.08. The van der Waals surface area contributed by atoms with Crippen molar-refractivity contribution in [2.45, 2.75) is 26.5 Å². The van der Waals surface area contributed by atoms with Gasteiger partial charge in [0.25, 0.3) is 0 Å². The van der Waals surface area contributed by atoms with Crippen LogP contribution in [0, 0.1) is 11.8 Å². The molecular formula is C28H26ClNOS2. The predicted molar refractivity (Wildman–Crippen MR) is 142 cm³/mol. The Balaban J connectivity index is 1.35. The first-order chi connectivity index (χ1) is 16.2. The van der Waals surface area contributed by atoms with E-state index in [0.29, 0.717) is 18.2 Å². The maximum Gasteiger partial charge on any atom is 0.122 e. The van der Waals surface area contributed by atoms with Gasteiger partial charge in [-0.3, -0.25) is 4.90 Å². The van der Waals surface area contributed by atoms with E-state index in [1.165, 1.54) is 21.6 Å². The van der Waals surface area contributed by atoms with Crippen molar-refractivity contribution < 1.29 is 4.74 Å². The molecule has 4 aromatic rings. The minimum Gasteiger partial charge on any atom is -0.488 e. The van der Waals surface area contributed by atoms with Crippen LogP contribution in [0.15, 0.2) is 76.8 Å². The zero-order chi connectivity index (χ0) is 22.9. The molecule has 0 radical (unpaired) electrons. The van der Waals surface area contributed by atoms with Gasteiger partial charge in [-0.1, -0.05) is 54.6 Å². The minimum absolute atomic E-state index is 0.584. The fourth-order valence-corrected chi connectivity index (χ4v) is 5.17. The summed E-state index contributed by atoms with van der Waals surface area (Å²) in [5, 5.41) is 7.18. The van der Waals surface area contributed by atoms with Crippen molar-refractivity contribution in [2.75, 3.05) is 13.1 Å². The van der Waals surface area contributed by atoms with Crippen LogP contribution in [0.1, 0.15) is 29.3 Å². The molecule has 2 aromatic carbocycles. The molecule has 0 bridgehead atoms. The number of hydrogen-bond acceptors (Lipinski definition) is 4. The smallest absolute Gasteiger partial charge is 0.122 e. The monoisotopic (exact) mass is 491 g/mol. The predicted octanol–water partition coefficient (Wildman–Crippen LogP) is 7.97. The Morgan fingerprint density at radius 2 is 1.91 bits per heavy atom. The number of halogens is 1. The molecule has 0 amide bonds. The Kier molecular flexibility index (Phi) is 8.63. The third-order valence-electron chi connectivity index (χ3n) is 5.13. The van der Waals surface area contributed by atoms with Crippen molar-refractivity contribution in [2.24, 2.45) is 0 Å². The average molecular weight is 492 g/mol. The van der Waals surface area contributed by atoms with E-state index < -0.39 is 0 Å². The van der Waals surface area contributed by atoms with Crippen molar-refractivity contribution >= 4 is 34.3 Å². The van der Waals surface area contributed by atoms with E-state index in [4.69, 9.17) is 16.3 Å². The first kappa shape index (κ1) is 23.6. The molecule has 2 heterocycles. The van der Waals surface area contributed by atoms with E-state index in [2.05, 4.69) is 70.1 Å². The summed E-state index contributed by atoms with van der Waals surface area (Å²) >= 11 is 9.69. The van der Waals surface area contributed by atoms with Gasteiger partial charge in [0.05, 0.1) is 11.6 Å². The summed E-state index contributed by atoms with van der Waals surface area (Å²) in [5.74, 6) is 7.39. The highest BCUT2D eigenvalue weighted by molar-refractivity contribution is 7.10. The van der Waals surface area contributed by atoms with Crippen LogP contribution in [-0.2, 0) is 13.2 Å². The van der Waals surface area contributed by atoms with Crippen molar-refractivity contribution in [1.29, 1.82) is 0 Å². The first-order valence-corrected chi connectivity index (χ1v) is 13.2. The lowest BCUT2D eigenvalue weighted by Gasteiger charge is -2.19. The van der Waals surface area contributed by atoms with E-state index in [-0.39, 0.29) is 0 Å². The zero-order valence-electron chi connectivity index (χ0n) is 18.6. The molecule has 33 heavy (non-hydrogen) atoms. The second kappa shape index (κ2) is 12.1.